The predicted molar refractivity (Wildman–Crippen MR) is 177 cm³/mol. The Hall–Kier alpha value is -3.27. The van der Waals surface area contributed by atoms with Gasteiger partial charge in [0.1, 0.15) is 0 Å². The molecule has 0 N–H and O–H groups in total. The van der Waals surface area contributed by atoms with Crippen LogP contribution in [0.2, 0.25) is 0 Å². The first-order valence-electron chi connectivity index (χ1n) is 17.3. The number of hydrogen-bond acceptors (Lipinski definition) is 3. The summed E-state index contributed by atoms with van der Waals surface area (Å²) in [6, 6.07) is 20.3. The number of rotatable bonds is 6. The standard InChI is InChI=1S/C39H48N4/c1-27-23-34(24-28(2)40-27)38-41-39(32-21-13-6-14-22-32)43(42-38)37-35(30-17-9-4-10-18-30)25-33(29-15-7-3-8-16-29)26-36(37)31-19-11-5-12-20-31/h6,13-14,21-26,29-31H,3-5,7-12,15-20H2,1-2H3. The third-order valence-corrected chi connectivity index (χ3v) is 10.5. The van der Waals surface area contributed by atoms with Crippen molar-refractivity contribution in [1.29, 1.82) is 0 Å². The second-order valence-corrected chi connectivity index (χ2v) is 13.7. The van der Waals surface area contributed by atoms with Crippen LogP contribution in [-0.4, -0.2) is 19.7 Å². The van der Waals surface area contributed by atoms with E-state index in [1.807, 2.05) is 0 Å². The lowest BCUT2D eigenvalue weighted by Gasteiger charge is -2.32. The smallest absolute Gasteiger partial charge is 0.182 e. The number of benzene rings is 2. The molecular weight excluding hydrogens is 524 g/mol. The second kappa shape index (κ2) is 12.8. The van der Waals surface area contributed by atoms with Crippen molar-refractivity contribution >= 4 is 0 Å². The van der Waals surface area contributed by atoms with E-state index in [1.54, 1.807) is 16.7 Å². The number of aromatic nitrogens is 4. The van der Waals surface area contributed by atoms with E-state index in [9.17, 15) is 0 Å². The fourth-order valence-electron chi connectivity index (χ4n) is 8.40. The van der Waals surface area contributed by atoms with E-state index in [0.717, 1.165) is 34.2 Å². The van der Waals surface area contributed by atoms with Gasteiger partial charge >= 0.3 is 0 Å². The maximum Gasteiger partial charge on any atom is 0.182 e. The van der Waals surface area contributed by atoms with Crippen LogP contribution in [0.4, 0.5) is 0 Å². The van der Waals surface area contributed by atoms with Crippen molar-refractivity contribution in [3.63, 3.8) is 0 Å². The summed E-state index contributed by atoms with van der Waals surface area (Å²) in [6.45, 7) is 4.13. The summed E-state index contributed by atoms with van der Waals surface area (Å²) in [6.07, 6.45) is 20.1. The van der Waals surface area contributed by atoms with Gasteiger partial charge in [-0.2, -0.15) is 0 Å². The highest BCUT2D eigenvalue weighted by Crippen LogP contribution is 2.46. The van der Waals surface area contributed by atoms with E-state index in [2.05, 4.69) is 78.1 Å². The third-order valence-electron chi connectivity index (χ3n) is 10.5. The summed E-state index contributed by atoms with van der Waals surface area (Å²) in [7, 11) is 0. The van der Waals surface area contributed by atoms with Crippen LogP contribution >= 0.6 is 0 Å². The molecule has 0 saturated heterocycles. The Bertz CT molecular complexity index is 1470. The van der Waals surface area contributed by atoms with E-state index in [1.165, 1.54) is 102 Å². The van der Waals surface area contributed by atoms with Gasteiger partial charge in [-0.3, -0.25) is 4.98 Å². The normalized spacial score (nSPS) is 19.1. The monoisotopic (exact) mass is 572 g/mol. The lowest BCUT2D eigenvalue weighted by molar-refractivity contribution is 0.425. The molecule has 4 nitrogen and oxygen atoms in total. The van der Waals surface area contributed by atoms with Crippen molar-refractivity contribution in [2.45, 2.75) is 128 Å². The van der Waals surface area contributed by atoms with Crippen LogP contribution in [0.15, 0.2) is 54.6 Å². The molecule has 4 heteroatoms. The van der Waals surface area contributed by atoms with Crippen molar-refractivity contribution in [2.75, 3.05) is 0 Å². The Morgan fingerprint density at radius 3 is 1.60 bits per heavy atom. The van der Waals surface area contributed by atoms with Gasteiger partial charge in [-0.1, -0.05) is 100 Å². The largest absolute Gasteiger partial charge is 0.258 e. The summed E-state index contributed by atoms with van der Waals surface area (Å²) in [5, 5.41) is 5.44. The lowest BCUT2D eigenvalue weighted by atomic mass is 9.75. The van der Waals surface area contributed by atoms with Gasteiger partial charge < -0.3 is 0 Å². The SMILES string of the molecule is Cc1cc(-c2nc(-c3ccccc3)n(-c3c(C4CCCCC4)cc(C4CCCCC4)cc3C3CCCCC3)n2)cc(C)n1. The molecule has 0 atom stereocenters. The quantitative estimate of drug-likeness (QED) is 0.231. The maximum absolute atomic E-state index is 5.44. The van der Waals surface area contributed by atoms with Crippen molar-refractivity contribution in [3.05, 3.63) is 82.7 Å². The summed E-state index contributed by atoms with van der Waals surface area (Å²) in [4.78, 5) is 9.97. The van der Waals surface area contributed by atoms with E-state index in [-0.39, 0.29) is 0 Å². The van der Waals surface area contributed by atoms with Gasteiger partial charge in [0.15, 0.2) is 11.6 Å². The summed E-state index contributed by atoms with van der Waals surface area (Å²) < 4.78 is 2.29. The van der Waals surface area contributed by atoms with E-state index >= 15 is 0 Å². The molecule has 3 fully saturated rings. The number of aryl methyl sites for hydroxylation is 2. The van der Waals surface area contributed by atoms with Crippen LogP contribution in [0.25, 0.3) is 28.5 Å². The molecular formula is C39H48N4. The Kier molecular flexibility index (Phi) is 8.46. The highest BCUT2D eigenvalue weighted by Gasteiger charge is 2.31. The maximum atomic E-state index is 5.44. The van der Waals surface area contributed by atoms with Crippen molar-refractivity contribution in [3.8, 4) is 28.5 Å². The molecule has 7 rings (SSSR count). The van der Waals surface area contributed by atoms with Gasteiger partial charge in [0.05, 0.1) is 5.69 Å². The summed E-state index contributed by atoms with van der Waals surface area (Å²) in [5.41, 5.74) is 10.3. The van der Waals surface area contributed by atoms with Gasteiger partial charge in [-0.05, 0) is 98.9 Å². The van der Waals surface area contributed by atoms with Crippen molar-refractivity contribution in [2.24, 2.45) is 0 Å². The van der Waals surface area contributed by atoms with Crippen molar-refractivity contribution in [1.82, 2.24) is 19.7 Å². The molecule has 2 aromatic heterocycles. The molecule has 2 heterocycles. The lowest BCUT2D eigenvalue weighted by Crippen LogP contribution is -2.18. The zero-order chi connectivity index (χ0) is 29.2. The third kappa shape index (κ3) is 6.08. The number of pyridine rings is 1. The van der Waals surface area contributed by atoms with E-state index in [0.29, 0.717) is 17.8 Å². The predicted octanol–water partition coefficient (Wildman–Crippen LogP) is 10.8. The molecule has 0 amide bonds. The average molecular weight is 573 g/mol. The molecule has 4 aromatic rings. The van der Waals surface area contributed by atoms with Crippen LogP contribution in [0, 0.1) is 13.8 Å². The van der Waals surface area contributed by atoms with Gasteiger partial charge in [-0.25, -0.2) is 9.67 Å². The van der Waals surface area contributed by atoms with E-state index in [4.69, 9.17) is 10.1 Å². The Morgan fingerprint density at radius 1 is 0.558 bits per heavy atom. The molecule has 3 aliphatic carbocycles. The molecule has 224 valence electrons. The fraction of sp³-hybridized carbons (Fsp3) is 0.513. The highest BCUT2D eigenvalue weighted by molar-refractivity contribution is 5.67. The minimum Gasteiger partial charge on any atom is -0.258 e. The molecule has 0 bridgehead atoms. The van der Waals surface area contributed by atoms with Crippen molar-refractivity contribution < 1.29 is 0 Å². The highest BCUT2D eigenvalue weighted by atomic mass is 15.4. The molecule has 43 heavy (non-hydrogen) atoms. The van der Waals surface area contributed by atoms with Gasteiger partial charge in [0.2, 0.25) is 0 Å². The van der Waals surface area contributed by atoms with Gasteiger partial charge in [0, 0.05) is 22.5 Å². The molecule has 3 saturated carbocycles. The van der Waals surface area contributed by atoms with Crippen LogP contribution in [-0.2, 0) is 0 Å². The minimum absolute atomic E-state index is 0.594. The number of nitrogens with zero attached hydrogens (tertiary/aromatic N) is 4. The summed E-state index contributed by atoms with van der Waals surface area (Å²) >= 11 is 0. The molecule has 3 aliphatic rings. The van der Waals surface area contributed by atoms with Gasteiger partial charge in [0.25, 0.3) is 0 Å². The molecule has 0 radical (unpaired) electrons. The number of hydrogen-bond donors (Lipinski definition) is 0. The second-order valence-electron chi connectivity index (χ2n) is 13.7. The van der Waals surface area contributed by atoms with Crippen LogP contribution in [0.1, 0.15) is 142 Å². The van der Waals surface area contributed by atoms with E-state index < -0.39 is 0 Å². The first-order chi connectivity index (χ1) is 21.1. The Morgan fingerprint density at radius 2 is 1.07 bits per heavy atom. The zero-order valence-electron chi connectivity index (χ0n) is 26.3. The zero-order valence-corrected chi connectivity index (χ0v) is 26.3. The fourth-order valence-corrected chi connectivity index (χ4v) is 8.40. The molecule has 0 spiro atoms. The van der Waals surface area contributed by atoms with Crippen LogP contribution in [0.3, 0.4) is 0 Å². The Labute approximate surface area is 258 Å². The molecule has 0 aliphatic heterocycles. The summed E-state index contributed by atoms with van der Waals surface area (Å²) in [5.74, 6) is 3.65. The minimum atomic E-state index is 0.594. The molecule has 2 aromatic carbocycles. The van der Waals surface area contributed by atoms with Crippen LogP contribution < -0.4 is 0 Å². The Balaban J connectivity index is 1.48. The first kappa shape index (κ1) is 28.5. The topological polar surface area (TPSA) is 43.6 Å². The first-order valence-corrected chi connectivity index (χ1v) is 17.3. The average Bonchev–Trinajstić information content (AvgIpc) is 3.51. The van der Waals surface area contributed by atoms with Gasteiger partial charge in [-0.15, -0.1) is 5.10 Å². The van der Waals surface area contributed by atoms with Crippen LogP contribution in [0.5, 0.6) is 0 Å². The molecule has 0 unspecified atom stereocenters.